The van der Waals surface area contributed by atoms with Crippen LogP contribution < -0.4 is 0 Å². The molecule has 5 atom stereocenters. The normalized spacial score (nSPS) is 14.8. The lowest BCUT2D eigenvalue weighted by atomic mass is 10.1. The predicted octanol–water partition coefficient (Wildman–Crippen LogP) is 21.0. The van der Waals surface area contributed by atoms with Gasteiger partial charge in [0.05, 0.1) is 26.4 Å². The lowest BCUT2D eigenvalue weighted by molar-refractivity contribution is -0.161. The van der Waals surface area contributed by atoms with E-state index in [0.717, 1.165) is 161 Å². The van der Waals surface area contributed by atoms with Crippen LogP contribution in [0, 0.1) is 0 Å². The van der Waals surface area contributed by atoms with Crippen molar-refractivity contribution in [3.05, 3.63) is 122 Å². The number of ether oxygens (including phenoxy) is 3. The topological polar surface area (TPSA) is 231 Å². The highest BCUT2D eigenvalue weighted by Gasteiger charge is 2.29. The molecule has 0 saturated heterocycles. The third-order valence-corrected chi connectivity index (χ3v) is 17.0. The maximum Gasteiger partial charge on any atom is 0.472 e. The Morgan fingerprint density at radius 3 is 0.884 bits per heavy atom. The van der Waals surface area contributed by atoms with Gasteiger partial charge in [0.25, 0.3) is 0 Å². The largest absolute Gasteiger partial charge is 0.472 e. The summed E-state index contributed by atoms with van der Waals surface area (Å²) in [4.78, 5) is 58.4. The number of esters is 3. The van der Waals surface area contributed by atoms with Gasteiger partial charge in [-0.25, -0.2) is 9.13 Å². The van der Waals surface area contributed by atoms with Gasteiger partial charge in [-0.3, -0.25) is 32.5 Å². The summed E-state index contributed by atoms with van der Waals surface area (Å²) in [5, 5.41) is 20.6. The van der Waals surface area contributed by atoms with Gasteiger partial charge >= 0.3 is 33.6 Å². The number of phosphoric ester groups is 2. The third-order valence-electron chi connectivity index (χ3n) is 15.1. The Labute approximate surface area is 576 Å². The van der Waals surface area contributed by atoms with Gasteiger partial charge in [-0.2, -0.15) is 0 Å². The second kappa shape index (κ2) is 69.8. The van der Waals surface area contributed by atoms with Crippen LogP contribution in [0.1, 0.15) is 290 Å². The standard InChI is InChI=1S/C77H132O16P2/c1-4-7-10-13-16-19-22-25-28-29-30-31-32-33-34-35-36-37-38-39-40-41-44-46-48-51-54-57-60-63-75(80)87-66-72(78)67-89-94(83,84)90-68-73(79)69-91-95(85,86)92-71-74(93-77(82)65-62-59-56-53-50-47-43-27-24-21-18-15-12-9-6-3)70-88-76(81)64-61-58-55-52-49-45-42-26-23-20-17-14-11-8-5-2/h7,10,16-21,25-28,30-31,33-34,36-37,42-43,72-74,78-79H,4-6,8-9,11-15,22-24,29,32,35,38-41,44-71H2,1-3H3,(H,83,84)(H,85,86)/b10-7-,19-16-,20-17-,21-18-,28-25-,31-30-,34-33-,37-36-,42-26-,43-27-. The predicted molar refractivity (Wildman–Crippen MR) is 390 cm³/mol. The summed E-state index contributed by atoms with van der Waals surface area (Å²) in [6.45, 7) is 2.47. The smallest absolute Gasteiger partial charge is 0.463 e. The summed E-state index contributed by atoms with van der Waals surface area (Å²) in [7, 11) is -9.79. The Kier molecular flexibility index (Phi) is 66.9. The van der Waals surface area contributed by atoms with Gasteiger partial charge in [0.2, 0.25) is 0 Å². The Morgan fingerprint density at radius 2 is 0.558 bits per heavy atom. The molecule has 0 radical (unpaired) electrons. The van der Waals surface area contributed by atoms with Crippen LogP contribution in [0.4, 0.5) is 0 Å². The number of aliphatic hydroxyl groups excluding tert-OH is 2. The maximum absolute atomic E-state index is 12.9. The quantitative estimate of drug-likeness (QED) is 0.0146. The molecule has 0 aromatic heterocycles. The molecule has 95 heavy (non-hydrogen) atoms. The van der Waals surface area contributed by atoms with Crippen LogP contribution in [0.5, 0.6) is 0 Å². The Morgan fingerprint density at radius 1 is 0.305 bits per heavy atom. The van der Waals surface area contributed by atoms with Gasteiger partial charge < -0.3 is 34.2 Å². The minimum absolute atomic E-state index is 0.0844. The molecule has 0 fully saturated rings. The second-order valence-corrected chi connectivity index (χ2v) is 27.3. The van der Waals surface area contributed by atoms with E-state index in [9.17, 15) is 43.5 Å². The van der Waals surface area contributed by atoms with Gasteiger partial charge in [-0.1, -0.05) is 258 Å². The molecule has 0 aliphatic carbocycles. The zero-order valence-electron chi connectivity index (χ0n) is 59.3. The molecular weight excluding hydrogens is 1240 g/mol. The van der Waals surface area contributed by atoms with Crippen molar-refractivity contribution in [3.8, 4) is 0 Å². The van der Waals surface area contributed by atoms with E-state index in [1.165, 1.54) is 70.6 Å². The van der Waals surface area contributed by atoms with Crippen molar-refractivity contribution in [2.45, 2.75) is 309 Å². The molecule has 0 rings (SSSR count). The highest BCUT2D eigenvalue weighted by Crippen LogP contribution is 2.45. The lowest BCUT2D eigenvalue weighted by Gasteiger charge is -2.21. The first-order valence-corrected chi connectivity index (χ1v) is 39.8. The van der Waals surface area contributed by atoms with E-state index in [2.05, 4.69) is 142 Å². The van der Waals surface area contributed by atoms with Crippen molar-refractivity contribution in [2.24, 2.45) is 0 Å². The molecular formula is C77H132O16P2. The summed E-state index contributed by atoms with van der Waals surface area (Å²) in [6.07, 6.45) is 81.1. The molecule has 0 bridgehead atoms. The maximum atomic E-state index is 12.9. The minimum Gasteiger partial charge on any atom is -0.463 e. The molecule has 5 unspecified atom stereocenters. The van der Waals surface area contributed by atoms with E-state index in [-0.39, 0.29) is 19.3 Å². The van der Waals surface area contributed by atoms with Gasteiger partial charge in [-0.05, 0) is 135 Å². The molecule has 0 aliphatic rings. The number of hydrogen-bond donors (Lipinski definition) is 4. The molecule has 16 nitrogen and oxygen atoms in total. The number of aliphatic hydroxyl groups is 2. The van der Waals surface area contributed by atoms with E-state index in [0.29, 0.717) is 19.3 Å². The Balaban J connectivity index is 4.51. The average Bonchev–Trinajstić information content (AvgIpc) is 1.83. The molecule has 4 N–H and O–H groups in total. The molecule has 18 heteroatoms. The molecule has 0 saturated carbocycles. The third kappa shape index (κ3) is 71.1. The first-order chi connectivity index (χ1) is 46.2. The van der Waals surface area contributed by atoms with Crippen molar-refractivity contribution in [1.82, 2.24) is 0 Å². The van der Waals surface area contributed by atoms with Gasteiger partial charge in [0, 0.05) is 19.3 Å². The molecule has 0 amide bonds. The number of carbonyl (C=O) groups excluding carboxylic acids is 3. The van der Waals surface area contributed by atoms with Gasteiger partial charge in [-0.15, -0.1) is 0 Å². The zero-order valence-corrected chi connectivity index (χ0v) is 61.1. The number of hydrogen-bond acceptors (Lipinski definition) is 14. The number of phosphoric acid groups is 2. The van der Waals surface area contributed by atoms with Crippen molar-refractivity contribution < 1.29 is 75.8 Å². The second-order valence-electron chi connectivity index (χ2n) is 24.4. The van der Waals surface area contributed by atoms with Crippen LogP contribution in [-0.4, -0.2) is 95.9 Å². The lowest BCUT2D eigenvalue weighted by Crippen LogP contribution is -2.30. The Hall–Kier alpha value is -4.05. The van der Waals surface area contributed by atoms with Crippen molar-refractivity contribution in [3.63, 3.8) is 0 Å². The van der Waals surface area contributed by atoms with Crippen molar-refractivity contribution in [1.29, 1.82) is 0 Å². The van der Waals surface area contributed by atoms with Crippen LogP contribution in [0.15, 0.2) is 122 Å². The molecule has 0 aliphatic heterocycles. The first-order valence-electron chi connectivity index (χ1n) is 36.8. The molecule has 0 heterocycles. The van der Waals surface area contributed by atoms with Crippen LogP contribution in [0.25, 0.3) is 0 Å². The molecule has 0 spiro atoms. The summed E-state index contributed by atoms with van der Waals surface area (Å²) in [5.74, 6) is -1.61. The fraction of sp³-hybridized carbons (Fsp3) is 0.701. The molecule has 0 aromatic carbocycles. The first kappa shape index (κ1) is 91.0. The fourth-order valence-electron chi connectivity index (χ4n) is 9.52. The molecule has 546 valence electrons. The summed E-state index contributed by atoms with van der Waals surface area (Å²) in [5.41, 5.74) is 0. The van der Waals surface area contributed by atoms with Crippen LogP contribution in [0.3, 0.4) is 0 Å². The van der Waals surface area contributed by atoms with E-state index < -0.39 is 91.5 Å². The minimum atomic E-state index is -4.93. The average molecular weight is 1380 g/mol. The van der Waals surface area contributed by atoms with E-state index in [1.807, 2.05) is 0 Å². The number of allylic oxidation sites excluding steroid dienone is 20. The number of unbranched alkanes of at least 4 members (excludes halogenated alkanes) is 26. The summed E-state index contributed by atoms with van der Waals surface area (Å²) < 4.78 is 60.9. The number of rotatable bonds is 69. The fourth-order valence-corrected chi connectivity index (χ4v) is 11.1. The SMILES string of the molecule is CC/C=C\C/C=C\C/C=C\C/C=C\C/C=C\C/C=C\CCCCCCCCCCCCC(=O)OCC(O)COP(=O)(O)OCC(O)COP(=O)(O)OCC(COC(=O)CCCCCCC/C=C\C/C=C\CCCCC)OC(=O)CCCCCCC/C=C\C/C=C\CCCCC. The van der Waals surface area contributed by atoms with E-state index >= 15 is 0 Å². The van der Waals surface area contributed by atoms with Crippen LogP contribution >= 0.6 is 15.6 Å². The van der Waals surface area contributed by atoms with Gasteiger partial charge in [0.1, 0.15) is 25.4 Å². The van der Waals surface area contributed by atoms with Crippen molar-refractivity contribution >= 4 is 33.6 Å². The highest BCUT2D eigenvalue weighted by atomic mass is 31.2. The highest BCUT2D eigenvalue weighted by molar-refractivity contribution is 7.47. The van der Waals surface area contributed by atoms with Crippen molar-refractivity contribution in [2.75, 3.05) is 39.6 Å². The van der Waals surface area contributed by atoms with Crippen LogP contribution in [0.2, 0.25) is 0 Å². The zero-order chi connectivity index (χ0) is 69.5. The summed E-state index contributed by atoms with van der Waals surface area (Å²) in [6, 6.07) is 0. The van der Waals surface area contributed by atoms with Crippen LogP contribution in [-0.2, 0) is 55.8 Å². The Bertz CT molecular complexity index is 2210. The summed E-state index contributed by atoms with van der Waals surface area (Å²) >= 11 is 0. The molecule has 0 aromatic rings. The number of carbonyl (C=O) groups is 3. The van der Waals surface area contributed by atoms with Gasteiger partial charge in [0.15, 0.2) is 6.10 Å². The van der Waals surface area contributed by atoms with E-state index in [4.69, 9.17) is 32.3 Å². The van der Waals surface area contributed by atoms with E-state index in [1.54, 1.807) is 0 Å². The monoisotopic (exact) mass is 1370 g/mol.